The molecule has 1 aromatic carbocycles. The zero-order valence-corrected chi connectivity index (χ0v) is 12.2. The summed E-state index contributed by atoms with van der Waals surface area (Å²) in [7, 11) is 0. The molecule has 2 heterocycles. The molecule has 3 rings (SSSR count). The molecule has 0 saturated carbocycles. The van der Waals surface area contributed by atoms with E-state index in [2.05, 4.69) is 15.7 Å². The Bertz CT molecular complexity index is 669. The van der Waals surface area contributed by atoms with Crippen molar-refractivity contribution >= 4 is 22.5 Å². The Balaban J connectivity index is 1.58. The van der Waals surface area contributed by atoms with E-state index in [0.717, 1.165) is 17.0 Å². The minimum atomic E-state index is -0.382. The first-order chi connectivity index (χ1) is 10.2. The van der Waals surface area contributed by atoms with Gasteiger partial charge in [0.05, 0.1) is 12.2 Å². The van der Waals surface area contributed by atoms with Gasteiger partial charge in [-0.15, -0.1) is 11.3 Å². The summed E-state index contributed by atoms with van der Waals surface area (Å²) in [6.45, 7) is 2.35. The minimum Gasteiger partial charge on any atom is -0.391 e. The number of allylic oxidation sites excluding steroid dienone is 1. The van der Waals surface area contributed by atoms with Gasteiger partial charge in [-0.1, -0.05) is 30.3 Å². The number of hydroxylamine groups is 1. The zero-order chi connectivity index (χ0) is 14.7. The molecule has 21 heavy (non-hydrogen) atoms. The molecule has 0 spiro atoms. The van der Waals surface area contributed by atoms with Gasteiger partial charge in [0.2, 0.25) is 0 Å². The number of amides is 2. The topological polar surface area (TPSA) is 66.5 Å². The Morgan fingerprint density at radius 2 is 2.19 bits per heavy atom. The number of benzene rings is 1. The van der Waals surface area contributed by atoms with Crippen LogP contribution in [0.1, 0.15) is 6.92 Å². The van der Waals surface area contributed by atoms with Crippen LogP contribution < -0.4 is 10.7 Å². The number of hydrogen-bond donors (Lipinski definition) is 2. The van der Waals surface area contributed by atoms with E-state index in [1.807, 2.05) is 48.7 Å². The van der Waals surface area contributed by atoms with Gasteiger partial charge in [-0.25, -0.2) is 15.2 Å². The molecule has 0 radical (unpaired) electrons. The van der Waals surface area contributed by atoms with Crippen LogP contribution in [-0.4, -0.2) is 22.7 Å². The van der Waals surface area contributed by atoms with Crippen molar-refractivity contribution in [3.05, 3.63) is 47.5 Å². The second kappa shape index (κ2) is 5.94. The summed E-state index contributed by atoms with van der Waals surface area (Å²) in [5.41, 5.74) is 4.44. The fourth-order valence-electron chi connectivity index (χ4n) is 1.84. The maximum atomic E-state index is 11.8. The Hall–Kier alpha value is -2.38. The Morgan fingerprint density at radius 3 is 2.90 bits per heavy atom. The van der Waals surface area contributed by atoms with Crippen molar-refractivity contribution in [2.75, 3.05) is 11.9 Å². The zero-order valence-electron chi connectivity index (χ0n) is 11.4. The normalized spacial score (nSPS) is 14.4. The van der Waals surface area contributed by atoms with Gasteiger partial charge in [-0.2, -0.15) is 0 Å². The molecule has 108 valence electrons. The number of carbonyl (C=O) groups is 1. The minimum absolute atomic E-state index is 0.382. The van der Waals surface area contributed by atoms with Crippen molar-refractivity contribution in [1.82, 2.24) is 15.6 Å². The van der Waals surface area contributed by atoms with Crippen LogP contribution >= 0.6 is 11.3 Å². The van der Waals surface area contributed by atoms with Crippen molar-refractivity contribution in [1.29, 1.82) is 0 Å². The number of urea groups is 1. The van der Waals surface area contributed by atoms with E-state index in [-0.39, 0.29) is 6.03 Å². The highest BCUT2D eigenvalue weighted by Gasteiger charge is 2.16. The molecule has 0 unspecified atom stereocenters. The number of rotatable bonds is 3. The highest BCUT2D eigenvalue weighted by atomic mass is 32.1. The molecular formula is C14H14N4O2S. The third-order valence-corrected chi connectivity index (χ3v) is 3.58. The molecule has 1 aliphatic rings. The number of nitrogens with zero attached hydrogens (tertiary/aromatic N) is 2. The summed E-state index contributed by atoms with van der Waals surface area (Å²) in [6, 6.07) is 9.43. The standard InChI is InChI=1S/C14H14N4O2S/c1-10-7-8-18(20-10)17-13(19)16-14-15-12(9-21-14)11-5-3-2-4-6-11/h2-7,9H,8H2,1H3,(H2,15,16,17,19). The van der Waals surface area contributed by atoms with Gasteiger partial charge >= 0.3 is 6.03 Å². The molecule has 7 heteroatoms. The number of carbonyl (C=O) groups excluding carboxylic acids is 1. The predicted octanol–water partition coefficient (Wildman–Crippen LogP) is 3.00. The van der Waals surface area contributed by atoms with Crippen LogP contribution in [0.2, 0.25) is 0 Å². The van der Waals surface area contributed by atoms with Crippen LogP contribution in [0.3, 0.4) is 0 Å². The largest absolute Gasteiger partial charge is 0.391 e. The average Bonchev–Trinajstić information content (AvgIpc) is 3.09. The number of aromatic nitrogens is 1. The lowest BCUT2D eigenvalue weighted by Crippen LogP contribution is -2.42. The number of hydrazine groups is 1. The van der Waals surface area contributed by atoms with Crippen LogP contribution in [0.5, 0.6) is 0 Å². The fraction of sp³-hybridized carbons (Fsp3) is 0.143. The van der Waals surface area contributed by atoms with Crippen LogP contribution in [0.15, 0.2) is 47.5 Å². The molecular weight excluding hydrogens is 288 g/mol. The highest BCUT2D eigenvalue weighted by Crippen LogP contribution is 2.24. The lowest BCUT2D eigenvalue weighted by molar-refractivity contribution is -0.119. The summed E-state index contributed by atoms with van der Waals surface area (Å²) >= 11 is 1.38. The Morgan fingerprint density at radius 1 is 1.38 bits per heavy atom. The molecule has 0 aliphatic carbocycles. The van der Waals surface area contributed by atoms with Crippen LogP contribution in [0.4, 0.5) is 9.93 Å². The molecule has 6 nitrogen and oxygen atoms in total. The van der Waals surface area contributed by atoms with Crippen molar-refractivity contribution < 1.29 is 9.63 Å². The first-order valence-corrected chi connectivity index (χ1v) is 7.29. The highest BCUT2D eigenvalue weighted by molar-refractivity contribution is 7.14. The summed E-state index contributed by atoms with van der Waals surface area (Å²) in [5, 5.41) is 6.49. The summed E-state index contributed by atoms with van der Waals surface area (Å²) in [4.78, 5) is 21.5. The monoisotopic (exact) mass is 302 g/mol. The van der Waals surface area contributed by atoms with Gasteiger partial charge in [-0.3, -0.25) is 5.32 Å². The molecule has 2 amide bonds. The quantitative estimate of drug-likeness (QED) is 0.914. The number of anilines is 1. The van der Waals surface area contributed by atoms with Gasteiger partial charge in [0.25, 0.3) is 0 Å². The van der Waals surface area contributed by atoms with Gasteiger partial charge in [0, 0.05) is 10.9 Å². The molecule has 0 fully saturated rings. The van der Waals surface area contributed by atoms with Crippen molar-refractivity contribution in [3.63, 3.8) is 0 Å². The SMILES string of the molecule is CC1=CCN(NC(=O)Nc2nc(-c3ccccc3)cs2)O1. The lowest BCUT2D eigenvalue weighted by atomic mass is 10.2. The van der Waals surface area contributed by atoms with E-state index in [0.29, 0.717) is 11.7 Å². The Kier molecular flexibility index (Phi) is 3.85. The molecule has 2 aromatic rings. The second-order valence-corrected chi connectivity index (χ2v) is 5.30. The van der Waals surface area contributed by atoms with Gasteiger partial charge in [0.15, 0.2) is 5.13 Å². The van der Waals surface area contributed by atoms with Gasteiger partial charge < -0.3 is 4.84 Å². The third kappa shape index (κ3) is 3.39. The van der Waals surface area contributed by atoms with Crippen LogP contribution in [0, 0.1) is 0 Å². The summed E-state index contributed by atoms with van der Waals surface area (Å²) < 4.78 is 0. The average molecular weight is 302 g/mol. The van der Waals surface area contributed by atoms with E-state index in [1.54, 1.807) is 0 Å². The van der Waals surface area contributed by atoms with Gasteiger partial charge in [0.1, 0.15) is 5.76 Å². The molecule has 0 saturated heterocycles. The first-order valence-electron chi connectivity index (χ1n) is 6.41. The predicted molar refractivity (Wildman–Crippen MR) is 81.3 cm³/mol. The molecule has 2 N–H and O–H groups in total. The van der Waals surface area contributed by atoms with E-state index >= 15 is 0 Å². The Labute approximate surface area is 126 Å². The van der Waals surface area contributed by atoms with Crippen LogP contribution in [0.25, 0.3) is 11.3 Å². The van der Waals surface area contributed by atoms with Gasteiger partial charge in [-0.05, 0) is 18.2 Å². The number of hydrogen-bond acceptors (Lipinski definition) is 5. The van der Waals surface area contributed by atoms with Crippen molar-refractivity contribution in [3.8, 4) is 11.3 Å². The molecule has 0 atom stereocenters. The van der Waals surface area contributed by atoms with E-state index in [9.17, 15) is 4.79 Å². The summed E-state index contributed by atoms with van der Waals surface area (Å²) in [6.07, 6.45) is 1.87. The van der Waals surface area contributed by atoms with E-state index < -0.39 is 0 Å². The van der Waals surface area contributed by atoms with E-state index in [1.165, 1.54) is 16.5 Å². The third-order valence-electron chi connectivity index (χ3n) is 2.82. The van der Waals surface area contributed by atoms with E-state index in [4.69, 9.17) is 4.84 Å². The summed E-state index contributed by atoms with van der Waals surface area (Å²) in [5.74, 6) is 0.760. The van der Waals surface area contributed by atoms with Crippen molar-refractivity contribution in [2.45, 2.75) is 6.92 Å². The lowest BCUT2D eigenvalue weighted by Gasteiger charge is -2.15. The smallest absolute Gasteiger partial charge is 0.338 e. The maximum Gasteiger partial charge on any atom is 0.338 e. The fourth-order valence-corrected chi connectivity index (χ4v) is 2.55. The molecule has 1 aliphatic heterocycles. The van der Waals surface area contributed by atoms with Crippen molar-refractivity contribution in [2.24, 2.45) is 0 Å². The number of thiazole rings is 1. The molecule has 0 bridgehead atoms. The first kappa shape index (κ1) is 13.6. The van der Waals surface area contributed by atoms with Crippen LogP contribution in [-0.2, 0) is 4.84 Å². The maximum absolute atomic E-state index is 11.8. The molecule has 1 aromatic heterocycles. The second-order valence-electron chi connectivity index (χ2n) is 4.44. The number of nitrogens with one attached hydrogen (secondary N) is 2.